The number of rotatable bonds is 6. The molecule has 84 valence electrons. The van der Waals surface area contributed by atoms with E-state index >= 15 is 0 Å². The number of pyridine rings is 1. The molecule has 1 unspecified atom stereocenters. The molecule has 2 N–H and O–H groups in total. The molecule has 0 aliphatic heterocycles. The molecule has 0 aliphatic rings. The average molecular weight is 273 g/mol. The Morgan fingerprint density at radius 2 is 2.33 bits per heavy atom. The number of nitrogens with one attached hydrogen (secondary N) is 1. The second kappa shape index (κ2) is 6.93. The monoisotopic (exact) mass is 272 g/mol. The summed E-state index contributed by atoms with van der Waals surface area (Å²) in [6.45, 7) is 3.62. The van der Waals surface area contributed by atoms with E-state index in [-0.39, 0.29) is 6.10 Å². The van der Waals surface area contributed by atoms with Gasteiger partial charge >= 0.3 is 0 Å². The average Bonchev–Trinajstić information content (AvgIpc) is 2.24. The topological polar surface area (TPSA) is 45.1 Å². The summed E-state index contributed by atoms with van der Waals surface area (Å²) in [4.78, 5) is 4.08. The number of nitrogens with zero attached hydrogens (tertiary/aromatic N) is 1. The molecule has 0 saturated heterocycles. The molecule has 0 bridgehead atoms. The van der Waals surface area contributed by atoms with Crippen LogP contribution in [0.5, 0.6) is 0 Å². The molecule has 0 amide bonds. The summed E-state index contributed by atoms with van der Waals surface area (Å²) in [5.41, 5.74) is 1.15. The van der Waals surface area contributed by atoms with Crippen LogP contribution in [0.15, 0.2) is 22.9 Å². The highest BCUT2D eigenvalue weighted by Crippen LogP contribution is 2.09. The first-order chi connectivity index (χ1) is 7.22. The van der Waals surface area contributed by atoms with E-state index in [2.05, 4.69) is 26.2 Å². The van der Waals surface area contributed by atoms with Crippen LogP contribution in [0.25, 0.3) is 0 Å². The van der Waals surface area contributed by atoms with Crippen LogP contribution in [0.1, 0.15) is 25.3 Å². The third-order valence-electron chi connectivity index (χ3n) is 2.22. The van der Waals surface area contributed by atoms with Gasteiger partial charge in [0.2, 0.25) is 0 Å². The number of aliphatic hydroxyl groups excluding tert-OH is 1. The molecule has 0 spiro atoms. The van der Waals surface area contributed by atoms with Crippen molar-refractivity contribution in [2.75, 3.05) is 6.54 Å². The van der Waals surface area contributed by atoms with Crippen LogP contribution in [0.2, 0.25) is 0 Å². The molecule has 1 rings (SSSR count). The molecule has 1 aromatic rings. The molecule has 1 atom stereocenters. The highest BCUT2D eigenvalue weighted by molar-refractivity contribution is 9.10. The number of aliphatic hydroxyl groups is 1. The molecule has 1 aromatic heterocycles. The van der Waals surface area contributed by atoms with Gasteiger partial charge in [0.05, 0.1) is 6.10 Å². The lowest BCUT2D eigenvalue weighted by atomic mass is 10.2. The van der Waals surface area contributed by atoms with Gasteiger partial charge in [-0.25, -0.2) is 0 Å². The van der Waals surface area contributed by atoms with Gasteiger partial charge in [0.25, 0.3) is 0 Å². The third kappa shape index (κ3) is 5.25. The standard InChI is InChI=1S/C11H17BrN2O/c1-2-11(15)3-4-13-6-9-5-10(12)8-14-7-9/h5,7-8,11,13,15H,2-4,6H2,1H3. The predicted octanol–water partition coefficient (Wildman–Crippen LogP) is 2.09. The Hall–Kier alpha value is -0.450. The van der Waals surface area contributed by atoms with Gasteiger partial charge in [-0.05, 0) is 46.9 Å². The Morgan fingerprint density at radius 3 is 3.00 bits per heavy atom. The van der Waals surface area contributed by atoms with Crippen LogP contribution >= 0.6 is 15.9 Å². The van der Waals surface area contributed by atoms with E-state index in [1.807, 2.05) is 19.2 Å². The zero-order chi connectivity index (χ0) is 11.1. The zero-order valence-corrected chi connectivity index (χ0v) is 10.5. The first-order valence-corrected chi connectivity index (χ1v) is 6.00. The lowest BCUT2D eigenvalue weighted by Gasteiger charge is -2.08. The normalized spacial score (nSPS) is 12.7. The smallest absolute Gasteiger partial charge is 0.0549 e. The molecule has 0 aromatic carbocycles. The van der Waals surface area contributed by atoms with Crippen molar-refractivity contribution >= 4 is 15.9 Å². The minimum atomic E-state index is -0.182. The Morgan fingerprint density at radius 1 is 1.53 bits per heavy atom. The van der Waals surface area contributed by atoms with Gasteiger partial charge in [0.15, 0.2) is 0 Å². The number of hydrogen-bond donors (Lipinski definition) is 2. The van der Waals surface area contributed by atoms with E-state index in [0.29, 0.717) is 0 Å². The maximum Gasteiger partial charge on any atom is 0.0549 e. The Kier molecular flexibility index (Phi) is 5.83. The van der Waals surface area contributed by atoms with Gasteiger partial charge in [0, 0.05) is 23.4 Å². The van der Waals surface area contributed by atoms with E-state index in [4.69, 9.17) is 0 Å². The molecular weight excluding hydrogens is 256 g/mol. The lowest BCUT2D eigenvalue weighted by Crippen LogP contribution is -2.19. The summed E-state index contributed by atoms with van der Waals surface area (Å²) in [6, 6.07) is 2.04. The van der Waals surface area contributed by atoms with E-state index in [1.54, 1.807) is 6.20 Å². The molecule has 4 heteroatoms. The van der Waals surface area contributed by atoms with Gasteiger partial charge in [-0.2, -0.15) is 0 Å². The van der Waals surface area contributed by atoms with Gasteiger partial charge in [-0.15, -0.1) is 0 Å². The van der Waals surface area contributed by atoms with Crippen molar-refractivity contribution in [1.82, 2.24) is 10.3 Å². The molecule has 0 saturated carbocycles. The fourth-order valence-corrected chi connectivity index (χ4v) is 1.67. The van der Waals surface area contributed by atoms with Crippen molar-refractivity contribution in [3.05, 3.63) is 28.5 Å². The maximum absolute atomic E-state index is 9.34. The van der Waals surface area contributed by atoms with Crippen molar-refractivity contribution in [2.45, 2.75) is 32.4 Å². The first kappa shape index (κ1) is 12.6. The summed E-state index contributed by atoms with van der Waals surface area (Å²) >= 11 is 3.38. The molecule has 3 nitrogen and oxygen atoms in total. The lowest BCUT2D eigenvalue weighted by molar-refractivity contribution is 0.159. The largest absolute Gasteiger partial charge is 0.393 e. The van der Waals surface area contributed by atoms with Crippen molar-refractivity contribution in [3.8, 4) is 0 Å². The summed E-state index contributed by atoms with van der Waals surface area (Å²) in [5.74, 6) is 0. The predicted molar refractivity (Wildman–Crippen MR) is 64.6 cm³/mol. The van der Waals surface area contributed by atoms with E-state index in [9.17, 15) is 5.11 Å². The minimum Gasteiger partial charge on any atom is -0.393 e. The van der Waals surface area contributed by atoms with Gasteiger partial charge < -0.3 is 10.4 Å². The highest BCUT2D eigenvalue weighted by atomic mass is 79.9. The van der Waals surface area contributed by atoms with E-state index < -0.39 is 0 Å². The van der Waals surface area contributed by atoms with Crippen molar-refractivity contribution in [1.29, 1.82) is 0 Å². The van der Waals surface area contributed by atoms with Crippen molar-refractivity contribution < 1.29 is 5.11 Å². The molecule has 15 heavy (non-hydrogen) atoms. The van der Waals surface area contributed by atoms with Crippen molar-refractivity contribution in [3.63, 3.8) is 0 Å². The fourth-order valence-electron chi connectivity index (χ4n) is 1.26. The SMILES string of the molecule is CCC(O)CCNCc1cncc(Br)c1. The second-order valence-corrected chi connectivity index (χ2v) is 4.45. The first-order valence-electron chi connectivity index (χ1n) is 5.20. The van der Waals surface area contributed by atoms with Crippen LogP contribution in [-0.4, -0.2) is 22.7 Å². The van der Waals surface area contributed by atoms with Gasteiger partial charge in [0.1, 0.15) is 0 Å². The third-order valence-corrected chi connectivity index (χ3v) is 2.65. The summed E-state index contributed by atoms with van der Waals surface area (Å²) < 4.78 is 0.996. The summed E-state index contributed by atoms with van der Waals surface area (Å²) in [7, 11) is 0. The van der Waals surface area contributed by atoms with E-state index in [1.165, 1.54) is 0 Å². The fraction of sp³-hybridized carbons (Fsp3) is 0.545. The molecule has 0 aliphatic carbocycles. The van der Waals surface area contributed by atoms with Crippen LogP contribution in [0.3, 0.4) is 0 Å². The number of hydrogen-bond acceptors (Lipinski definition) is 3. The second-order valence-electron chi connectivity index (χ2n) is 3.54. The molecule has 0 fully saturated rings. The van der Waals surface area contributed by atoms with Gasteiger partial charge in [-0.3, -0.25) is 4.98 Å². The summed E-state index contributed by atoms with van der Waals surface area (Å²) in [5, 5.41) is 12.6. The Balaban J connectivity index is 2.20. The van der Waals surface area contributed by atoms with Crippen molar-refractivity contribution in [2.24, 2.45) is 0 Å². The number of aromatic nitrogens is 1. The summed E-state index contributed by atoms with van der Waals surface area (Å²) in [6.07, 6.45) is 5.05. The minimum absolute atomic E-state index is 0.182. The quantitative estimate of drug-likeness (QED) is 0.780. The van der Waals surface area contributed by atoms with Crippen LogP contribution in [-0.2, 0) is 6.54 Å². The van der Waals surface area contributed by atoms with Crippen LogP contribution < -0.4 is 5.32 Å². The highest BCUT2D eigenvalue weighted by Gasteiger charge is 1.99. The number of halogens is 1. The Labute approximate surface area is 99.1 Å². The van der Waals surface area contributed by atoms with Gasteiger partial charge in [-0.1, -0.05) is 6.92 Å². The van der Waals surface area contributed by atoms with E-state index in [0.717, 1.165) is 36.0 Å². The molecule has 0 radical (unpaired) electrons. The molecule has 1 heterocycles. The van der Waals surface area contributed by atoms with Crippen LogP contribution in [0, 0.1) is 0 Å². The Bertz CT molecular complexity index is 294. The molecular formula is C11H17BrN2O. The van der Waals surface area contributed by atoms with Crippen LogP contribution in [0.4, 0.5) is 0 Å². The maximum atomic E-state index is 9.34. The zero-order valence-electron chi connectivity index (χ0n) is 8.91.